The summed E-state index contributed by atoms with van der Waals surface area (Å²) in [5.41, 5.74) is 1.83. The summed E-state index contributed by atoms with van der Waals surface area (Å²) in [6.45, 7) is 4.63. The fourth-order valence-corrected chi connectivity index (χ4v) is 7.84. The van der Waals surface area contributed by atoms with Crippen LogP contribution in [0.15, 0.2) is 40.6 Å². The highest BCUT2D eigenvalue weighted by atomic mass is 32.2. The zero-order valence-corrected chi connectivity index (χ0v) is 20.5. The normalized spacial score (nSPS) is 18.0. The second-order valence-electron chi connectivity index (χ2n) is 7.77. The molecule has 2 aromatic rings. The van der Waals surface area contributed by atoms with Crippen LogP contribution < -0.4 is 0 Å². The minimum Gasteiger partial charge on any atom is -0.335 e. The van der Waals surface area contributed by atoms with Gasteiger partial charge >= 0.3 is 0 Å². The number of hydrogen-bond donors (Lipinski definition) is 0. The third-order valence-corrected chi connectivity index (χ3v) is 9.79. The van der Waals surface area contributed by atoms with Crippen LogP contribution in [0.3, 0.4) is 0 Å². The molecule has 0 radical (unpaired) electrons. The van der Waals surface area contributed by atoms with Crippen molar-refractivity contribution in [1.82, 2.24) is 14.1 Å². The summed E-state index contributed by atoms with van der Waals surface area (Å²) in [6, 6.07) is 9.16. The van der Waals surface area contributed by atoms with Gasteiger partial charge in [-0.15, -0.1) is 11.3 Å². The number of piperazine rings is 1. The summed E-state index contributed by atoms with van der Waals surface area (Å²) in [7, 11) is -3.68. The van der Waals surface area contributed by atoms with Gasteiger partial charge < -0.3 is 9.80 Å². The van der Waals surface area contributed by atoms with Gasteiger partial charge in [-0.2, -0.15) is 16.1 Å². The highest BCUT2D eigenvalue weighted by Crippen LogP contribution is 2.28. The first kappa shape index (κ1) is 23.3. The molecule has 0 saturated carbocycles. The summed E-state index contributed by atoms with van der Waals surface area (Å²) in [5.74, 6) is 1.22. The Morgan fingerprint density at radius 3 is 2.06 bits per heavy atom. The Balaban J connectivity index is 1.42. The maximum absolute atomic E-state index is 13.2. The van der Waals surface area contributed by atoms with Crippen LogP contribution >= 0.6 is 23.1 Å². The first-order valence-corrected chi connectivity index (χ1v) is 14.2. The number of rotatable bonds is 5. The largest absolute Gasteiger partial charge is 0.335 e. The van der Waals surface area contributed by atoms with Crippen molar-refractivity contribution in [3.8, 4) is 0 Å². The van der Waals surface area contributed by atoms with Crippen molar-refractivity contribution < 1.29 is 18.0 Å². The Kier molecular flexibility index (Phi) is 7.24. The van der Waals surface area contributed by atoms with Gasteiger partial charge in [0.15, 0.2) is 0 Å². The standard InChI is InChI=1S/C22H27N3O4S3/c1-2-17-3-5-18(6-4-17)21(26)23-8-10-24(11-9-23)22(27)20-19(7-14-31-20)32(28,29)25-12-15-30-16-13-25/h3-7,14H,2,8-13,15-16H2,1H3. The second-order valence-corrected chi connectivity index (χ2v) is 11.8. The minimum atomic E-state index is -3.68. The van der Waals surface area contributed by atoms with Gasteiger partial charge in [0.25, 0.3) is 11.8 Å². The minimum absolute atomic E-state index is 0.0397. The molecular formula is C22H27N3O4S3. The Hall–Kier alpha value is -1.88. The molecule has 7 nitrogen and oxygen atoms in total. The number of amides is 2. The van der Waals surface area contributed by atoms with Crippen molar-refractivity contribution in [2.45, 2.75) is 18.2 Å². The first-order chi connectivity index (χ1) is 15.4. The quantitative estimate of drug-likeness (QED) is 0.640. The maximum Gasteiger partial charge on any atom is 0.265 e. The van der Waals surface area contributed by atoms with E-state index in [-0.39, 0.29) is 21.6 Å². The van der Waals surface area contributed by atoms with Gasteiger partial charge in [0.1, 0.15) is 9.77 Å². The van der Waals surface area contributed by atoms with Gasteiger partial charge in [-0.1, -0.05) is 19.1 Å². The van der Waals surface area contributed by atoms with Crippen LogP contribution in [0.2, 0.25) is 0 Å². The molecule has 4 rings (SSSR count). The predicted octanol–water partition coefficient (Wildman–Crippen LogP) is 2.65. The third-order valence-electron chi connectivity index (χ3n) is 5.87. The predicted molar refractivity (Wildman–Crippen MR) is 128 cm³/mol. The smallest absolute Gasteiger partial charge is 0.265 e. The van der Waals surface area contributed by atoms with Crippen molar-refractivity contribution in [3.63, 3.8) is 0 Å². The van der Waals surface area contributed by atoms with Gasteiger partial charge in [0, 0.05) is 56.3 Å². The molecule has 172 valence electrons. The SMILES string of the molecule is CCc1ccc(C(=O)N2CCN(C(=O)c3sccc3S(=O)(=O)N3CCSCC3)CC2)cc1. The molecule has 1 aromatic heterocycles. The lowest BCUT2D eigenvalue weighted by Crippen LogP contribution is -2.50. The summed E-state index contributed by atoms with van der Waals surface area (Å²) in [4.78, 5) is 29.8. The zero-order chi connectivity index (χ0) is 22.7. The summed E-state index contributed by atoms with van der Waals surface area (Å²) in [6.07, 6.45) is 0.923. The van der Waals surface area contributed by atoms with Gasteiger partial charge in [0.05, 0.1) is 0 Å². The summed E-state index contributed by atoms with van der Waals surface area (Å²) >= 11 is 2.90. The van der Waals surface area contributed by atoms with Crippen LogP contribution in [-0.2, 0) is 16.4 Å². The summed E-state index contributed by atoms with van der Waals surface area (Å²) < 4.78 is 27.7. The molecular weight excluding hydrogens is 466 g/mol. The van der Waals surface area contributed by atoms with Crippen LogP contribution in [0.1, 0.15) is 32.5 Å². The molecule has 0 N–H and O–H groups in total. The number of benzene rings is 1. The average molecular weight is 494 g/mol. The van der Waals surface area contributed by atoms with Crippen LogP contribution in [0, 0.1) is 0 Å². The van der Waals surface area contributed by atoms with Crippen LogP contribution in [0.25, 0.3) is 0 Å². The molecule has 2 aliphatic rings. The number of thiophene rings is 1. The highest BCUT2D eigenvalue weighted by molar-refractivity contribution is 7.99. The van der Waals surface area contributed by atoms with E-state index in [1.165, 1.54) is 27.3 Å². The molecule has 0 unspecified atom stereocenters. The molecule has 32 heavy (non-hydrogen) atoms. The molecule has 10 heteroatoms. The summed E-state index contributed by atoms with van der Waals surface area (Å²) in [5, 5.41) is 1.67. The fraction of sp³-hybridized carbons (Fsp3) is 0.455. The molecule has 0 aliphatic carbocycles. The molecule has 0 bridgehead atoms. The number of aryl methyl sites for hydroxylation is 1. The van der Waals surface area contributed by atoms with E-state index in [2.05, 4.69) is 6.92 Å². The van der Waals surface area contributed by atoms with E-state index in [4.69, 9.17) is 0 Å². The van der Waals surface area contributed by atoms with E-state index in [0.717, 1.165) is 17.9 Å². The molecule has 3 heterocycles. The van der Waals surface area contributed by atoms with Gasteiger partial charge in [0.2, 0.25) is 10.0 Å². The molecule has 2 amide bonds. The number of hydrogen-bond acceptors (Lipinski definition) is 6. The van der Waals surface area contributed by atoms with Crippen molar-refractivity contribution in [1.29, 1.82) is 0 Å². The Bertz CT molecular complexity index is 1070. The molecule has 1 aromatic carbocycles. The Labute approximate surface area is 197 Å². The van der Waals surface area contributed by atoms with E-state index < -0.39 is 10.0 Å². The van der Waals surface area contributed by atoms with Crippen molar-refractivity contribution in [3.05, 3.63) is 51.7 Å². The maximum atomic E-state index is 13.2. The van der Waals surface area contributed by atoms with Crippen molar-refractivity contribution in [2.24, 2.45) is 0 Å². The fourth-order valence-electron chi connectivity index (χ4n) is 3.90. The number of carbonyl (C=O) groups excluding carboxylic acids is 2. The van der Waals surface area contributed by atoms with Crippen molar-refractivity contribution in [2.75, 3.05) is 50.8 Å². The number of sulfonamides is 1. The molecule has 0 atom stereocenters. The molecule has 2 fully saturated rings. The number of thioether (sulfide) groups is 1. The molecule has 0 spiro atoms. The Morgan fingerprint density at radius 1 is 0.875 bits per heavy atom. The average Bonchev–Trinajstić information content (AvgIpc) is 3.35. The Morgan fingerprint density at radius 2 is 1.47 bits per heavy atom. The number of carbonyl (C=O) groups is 2. The number of nitrogens with zero attached hydrogens (tertiary/aromatic N) is 3. The van der Waals surface area contributed by atoms with Crippen molar-refractivity contribution >= 4 is 44.9 Å². The van der Waals surface area contributed by atoms with E-state index >= 15 is 0 Å². The van der Waals surface area contributed by atoms with Gasteiger partial charge in [-0.05, 0) is 35.6 Å². The van der Waals surface area contributed by atoms with Gasteiger partial charge in [-0.25, -0.2) is 8.42 Å². The first-order valence-electron chi connectivity index (χ1n) is 10.7. The highest BCUT2D eigenvalue weighted by Gasteiger charge is 2.34. The second kappa shape index (κ2) is 9.94. The van der Waals surface area contributed by atoms with Crippen LogP contribution in [-0.4, -0.2) is 85.1 Å². The van der Waals surface area contributed by atoms with Crippen LogP contribution in [0.5, 0.6) is 0 Å². The lowest BCUT2D eigenvalue weighted by atomic mass is 10.1. The zero-order valence-electron chi connectivity index (χ0n) is 18.0. The molecule has 2 saturated heterocycles. The van der Waals surface area contributed by atoms with E-state index in [9.17, 15) is 18.0 Å². The molecule has 2 aliphatic heterocycles. The third kappa shape index (κ3) is 4.73. The van der Waals surface area contributed by atoms with Gasteiger partial charge in [-0.3, -0.25) is 9.59 Å². The monoisotopic (exact) mass is 493 g/mol. The van der Waals surface area contributed by atoms with Crippen LogP contribution in [0.4, 0.5) is 0 Å². The van der Waals surface area contributed by atoms with E-state index in [1.807, 2.05) is 24.3 Å². The van der Waals surface area contributed by atoms with E-state index in [1.54, 1.807) is 26.9 Å². The van der Waals surface area contributed by atoms with E-state index in [0.29, 0.717) is 44.8 Å². The lowest BCUT2D eigenvalue weighted by Gasteiger charge is -2.35. The topological polar surface area (TPSA) is 78.0 Å². The lowest BCUT2D eigenvalue weighted by molar-refractivity contribution is 0.0536.